The number of rotatable bonds is 6. The summed E-state index contributed by atoms with van der Waals surface area (Å²) in [5, 5.41) is 2.32. The minimum atomic E-state index is -3.75. The van der Waals surface area contributed by atoms with Gasteiger partial charge >= 0.3 is 7.60 Å². The Hall–Kier alpha value is -1.49. The summed E-state index contributed by atoms with van der Waals surface area (Å²) in [5.74, 6) is -2.38. The standard InChI is InChI=1S/C12H16NO5P/c1-9(14)13-12(19(16,17-2)18-3)11(15)10-7-5-4-6-8-10/h4-8,12H,1-3H3,(H,13,14)/t12-/m1/s1. The van der Waals surface area contributed by atoms with Gasteiger partial charge in [0.05, 0.1) is 0 Å². The van der Waals surface area contributed by atoms with E-state index in [0.717, 1.165) is 14.2 Å². The number of amides is 1. The molecule has 6 nitrogen and oxygen atoms in total. The van der Waals surface area contributed by atoms with Gasteiger partial charge in [-0.15, -0.1) is 0 Å². The van der Waals surface area contributed by atoms with Gasteiger partial charge in [-0.2, -0.15) is 0 Å². The molecule has 0 aliphatic rings. The minimum Gasteiger partial charge on any atom is -0.336 e. The fraction of sp³-hybridized carbons (Fsp3) is 0.333. The first-order valence-corrected chi connectivity index (χ1v) is 7.13. The van der Waals surface area contributed by atoms with E-state index in [1.165, 1.54) is 6.92 Å². The summed E-state index contributed by atoms with van der Waals surface area (Å²) in [5.41, 5.74) is 0.315. The van der Waals surface area contributed by atoms with Crippen LogP contribution in [0.25, 0.3) is 0 Å². The second-order valence-corrected chi connectivity index (χ2v) is 6.06. The number of carbonyl (C=O) groups excluding carboxylic acids is 2. The van der Waals surface area contributed by atoms with E-state index >= 15 is 0 Å². The molecule has 1 aromatic carbocycles. The molecule has 0 aliphatic carbocycles. The lowest BCUT2D eigenvalue weighted by Gasteiger charge is -2.23. The van der Waals surface area contributed by atoms with Crippen LogP contribution in [0.4, 0.5) is 0 Å². The topological polar surface area (TPSA) is 81.7 Å². The van der Waals surface area contributed by atoms with Gasteiger partial charge in [-0.1, -0.05) is 30.3 Å². The average Bonchev–Trinajstić information content (AvgIpc) is 2.44. The van der Waals surface area contributed by atoms with Crippen LogP contribution in [-0.2, 0) is 18.4 Å². The summed E-state index contributed by atoms with van der Waals surface area (Å²) in [6.07, 6.45) is 0. The van der Waals surface area contributed by atoms with Crippen LogP contribution >= 0.6 is 7.60 Å². The van der Waals surface area contributed by atoms with Gasteiger partial charge in [0.15, 0.2) is 11.6 Å². The van der Waals surface area contributed by atoms with Crippen molar-refractivity contribution in [3.63, 3.8) is 0 Å². The monoisotopic (exact) mass is 285 g/mol. The van der Waals surface area contributed by atoms with Crippen molar-refractivity contribution in [2.75, 3.05) is 14.2 Å². The Morgan fingerprint density at radius 1 is 1.16 bits per heavy atom. The highest BCUT2D eigenvalue weighted by atomic mass is 31.2. The molecule has 104 valence electrons. The van der Waals surface area contributed by atoms with Gasteiger partial charge in [-0.25, -0.2) is 0 Å². The molecule has 0 radical (unpaired) electrons. The van der Waals surface area contributed by atoms with E-state index in [2.05, 4.69) is 5.32 Å². The summed E-state index contributed by atoms with van der Waals surface area (Å²) in [6.45, 7) is 1.22. The Morgan fingerprint density at radius 2 is 1.68 bits per heavy atom. The lowest BCUT2D eigenvalue weighted by atomic mass is 10.1. The van der Waals surface area contributed by atoms with Crippen LogP contribution in [0.5, 0.6) is 0 Å². The maximum Gasteiger partial charge on any atom is 0.360 e. The second-order valence-electron chi connectivity index (χ2n) is 3.74. The van der Waals surface area contributed by atoms with Gasteiger partial charge in [0.2, 0.25) is 5.91 Å². The Balaban J connectivity index is 3.14. The molecule has 0 unspecified atom stereocenters. The van der Waals surface area contributed by atoms with Crippen molar-refractivity contribution in [1.82, 2.24) is 5.32 Å². The zero-order chi connectivity index (χ0) is 14.5. The van der Waals surface area contributed by atoms with Crippen molar-refractivity contribution in [3.05, 3.63) is 35.9 Å². The van der Waals surface area contributed by atoms with Crippen molar-refractivity contribution in [3.8, 4) is 0 Å². The lowest BCUT2D eigenvalue weighted by Crippen LogP contribution is -2.40. The van der Waals surface area contributed by atoms with E-state index < -0.39 is 25.1 Å². The SMILES string of the molecule is COP(=O)(OC)[C@@H](NC(C)=O)C(=O)c1ccccc1. The summed E-state index contributed by atoms with van der Waals surface area (Å²) < 4.78 is 21.9. The summed E-state index contributed by atoms with van der Waals surface area (Å²) in [6, 6.07) is 8.21. The van der Waals surface area contributed by atoms with E-state index in [0.29, 0.717) is 5.56 Å². The number of hydrogen-bond donors (Lipinski definition) is 1. The largest absolute Gasteiger partial charge is 0.360 e. The van der Waals surface area contributed by atoms with E-state index in [4.69, 9.17) is 9.05 Å². The number of nitrogens with one attached hydrogen (secondary N) is 1. The zero-order valence-corrected chi connectivity index (χ0v) is 11.8. The highest BCUT2D eigenvalue weighted by Crippen LogP contribution is 2.51. The fourth-order valence-corrected chi connectivity index (χ4v) is 2.87. The van der Waals surface area contributed by atoms with E-state index in [9.17, 15) is 14.2 Å². The van der Waals surface area contributed by atoms with Crippen LogP contribution in [0, 0.1) is 0 Å². The summed E-state index contributed by atoms with van der Waals surface area (Å²) in [7, 11) is -1.42. The molecule has 0 bridgehead atoms. The van der Waals surface area contributed by atoms with Crippen molar-refractivity contribution < 1.29 is 23.2 Å². The third-order valence-corrected chi connectivity index (χ3v) is 4.49. The zero-order valence-electron chi connectivity index (χ0n) is 11.0. The normalized spacial score (nSPS) is 12.8. The summed E-state index contributed by atoms with van der Waals surface area (Å²) >= 11 is 0. The molecule has 0 saturated heterocycles. The molecule has 0 heterocycles. The molecule has 0 aromatic heterocycles. The highest BCUT2D eigenvalue weighted by Gasteiger charge is 2.40. The molecule has 1 aromatic rings. The van der Waals surface area contributed by atoms with E-state index in [-0.39, 0.29) is 0 Å². The van der Waals surface area contributed by atoms with Crippen LogP contribution in [-0.4, -0.2) is 31.7 Å². The van der Waals surface area contributed by atoms with Gasteiger partial charge in [-0.3, -0.25) is 14.2 Å². The Morgan fingerprint density at radius 3 is 2.11 bits per heavy atom. The Kier molecular flexibility index (Phi) is 5.42. The van der Waals surface area contributed by atoms with Crippen molar-refractivity contribution in [1.29, 1.82) is 0 Å². The number of carbonyl (C=O) groups is 2. The summed E-state index contributed by atoms with van der Waals surface area (Å²) in [4.78, 5) is 23.5. The lowest BCUT2D eigenvalue weighted by molar-refractivity contribution is -0.119. The van der Waals surface area contributed by atoms with Crippen molar-refractivity contribution in [2.24, 2.45) is 0 Å². The van der Waals surface area contributed by atoms with Gasteiger partial charge in [0.1, 0.15) is 0 Å². The number of hydrogen-bond acceptors (Lipinski definition) is 5. The van der Waals surface area contributed by atoms with Crippen molar-refractivity contribution >= 4 is 19.3 Å². The maximum atomic E-state index is 12.3. The van der Waals surface area contributed by atoms with E-state index in [1.807, 2.05) is 0 Å². The predicted molar refractivity (Wildman–Crippen MR) is 70.0 cm³/mol. The first-order chi connectivity index (χ1) is 8.94. The van der Waals surface area contributed by atoms with Gasteiger partial charge in [0, 0.05) is 26.7 Å². The number of ketones is 1. The smallest absolute Gasteiger partial charge is 0.336 e. The molecule has 0 aliphatic heterocycles. The molecule has 1 rings (SSSR count). The Labute approximate surface area is 111 Å². The molecule has 19 heavy (non-hydrogen) atoms. The fourth-order valence-electron chi connectivity index (χ4n) is 1.53. The number of Topliss-reactive ketones (excluding diaryl/α,β-unsaturated/α-hetero) is 1. The molecule has 0 fully saturated rings. The molecular weight excluding hydrogens is 269 g/mol. The highest BCUT2D eigenvalue weighted by molar-refractivity contribution is 7.55. The van der Waals surface area contributed by atoms with Gasteiger partial charge in [-0.05, 0) is 0 Å². The molecular formula is C12H16NO5P. The van der Waals surface area contributed by atoms with Crippen molar-refractivity contribution in [2.45, 2.75) is 12.7 Å². The molecule has 1 amide bonds. The average molecular weight is 285 g/mol. The first kappa shape index (κ1) is 15.6. The molecule has 1 N–H and O–H groups in total. The number of benzene rings is 1. The van der Waals surface area contributed by atoms with Crippen LogP contribution < -0.4 is 5.32 Å². The quantitative estimate of drug-likeness (QED) is 0.637. The van der Waals surface area contributed by atoms with Gasteiger partial charge < -0.3 is 14.4 Å². The first-order valence-electron chi connectivity index (χ1n) is 5.52. The molecule has 0 saturated carbocycles. The van der Waals surface area contributed by atoms with Crippen LogP contribution in [0.3, 0.4) is 0 Å². The van der Waals surface area contributed by atoms with Gasteiger partial charge in [0.25, 0.3) is 0 Å². The Bertz CT molecular complexity index is 494. The third-order valence-electron chi connectivity index (χ3n) is 2.47. The second kappa shape index (κ2) is 6.61. The minimum absolute atomic E-state index is 0.315. The van der Waals surface area contributed by atoms with E-state index in [1.54, 1.807) is 30.3 Å². The van der Waals surface area contributed by atoms with Crippen LogP contribution in [0.1, 0.15) is 17.3 Å². The molecule has 0 spiro atoms. The van der Waals surface area contributed by atoms with Crippen LogP contribution in [0.15, 0.2) is 30.3 Å². The maximum absolute atomic E-state index is 12.3. The predicted octanol–water partition coefficient (Wildman–Crippen LogP) is 1.82. The third kappa shape index (κ3) is 3.73. The molecule has 7 heteroatoms. The molecule has 1 atom stereocenters. The van der Waals surface area contributed by atoms with Crippen LogP contribution in [0.2, 0.25) is 0 Å².